The summed E-state index contributed by atoms with van der Waals surface area (Å²) in [7, 11) is 0. The topological polar surface area (TPSA) is 17.1 Å². The summed E-state index contributed by atoms with van der Waals surface area (Å²) in [5.74, 6) is 0.126. The third-order valence-corrected chi connectivity index (χ3v) is 2.80. The molecular weight excluding hydrogens is 184 g/mol. The number of rotatable bonds is 1. The van der Waals surface area contributed by atoms with E-state index in [0.717, 1.165) is 18.4 Å². The van der Waals surface area contributed by atoms with Gasteiger partial charge in [-0.2, -0.15) is 0 Å². The summed E-state index contributed by atoms with van der Waals surface area (Å²) in [6.45, 7) is 1.59. The van der Waals surface area contributed by atoms with Crippen LogP contribution in [0.5, 0.6) is 0 Å². The molecule has 0 bridgehead atoms. The van der Waals surface area contributed by atoms with Crippen molar-refractivity contribution in [1.29, 1.82) is 0 Å². The highest BCUT2D eigenvalue weighted by Crippen LogP contribution is 2.26. The number of carbonyl (C=O) groups excluding carboxylic acids is 1. The molecule has 1 aromatic rings. The highest BCUT2D eigenvalue weighted by molar-refractivity contribution is 6.21. The minimum atomic E-state index is 0.126. The van der Waals surface area contributed by atoms with E-state index in [1.807, 2.05) is 18.2 Å². The molecule has 0 fully saturated rings. The van der Waals surface area contributed by atoms with E-state index in [1.54, 1.807) is 6.92 Å². The SMILES string of the molecule is CC(=O)c1ccc2c(c1)CC(Cl)C2. The first-order valence-corrected chi connectivity index (χ1v) is 4.87. The average molecular weight is 195 g/mol. The van der Waals surface area contributed by atoms with E-state index in [9.17, 15) is 4.79 Å². The van der Waals surface area contributed by atoms with Crippen molar-refractivity contribution < 1.29 is 4.79 Å². The fourth-order valence-corrected chi connectivity index (χ4v) is 2.12. The Bertz CT molecular complexity index is 357. The van der Waals surface area contributed by atoms with E-state index in [2.05, 4.69) is 0 Å². The molecule has 0 saturated heterocycles. The molecule has 68 valence electrons. The Balaban J connectivity index is 2.40. The van der Waals surface area contributed by atoms with E-state index in [1.165, 1.54) is 11.1 Å². The van der Waals surface area contributed by atoms with Crippen molar-refractivity contribution >= 4 is 17.4 Å². The van der Waals surface area contributed by atoms with Crippen LogP contribution in [0.3, 0.4) is 0 Å². The number of carbonyl (C=O) groups is 1. The summed E-state index contributed by atoms with van der Waals surface area (Å²) in [5, 5.41) is 0.220. The van der Waals surface area contributed by atoms with Crippen LogP contribution < -0.4 is 0 Å². The molecule has 1 nitrogen and oxygen atoms in total. The van der Waals surface area contributed by atoms with Crippen molar-refractivity contribution in [3.63, 3.8) is 0 Å². The van der Waals surface area contributed by atoms with Gasteiger partial charge in [-0.3, -0.25) is 4.79 Å². The van der Waals surface area contributed by atoms with Gasteiger partial charge in [-0.25, -0.2) is 0 Å². The molecule has 1 aromatic carbocycles. The highest BCUT2D eigenvalue weighted by Gasteiger charge is 2.19. The lowest BCUT2D eigenvalue weighted by Gasteiger charge is -2.00. The van der Waals surface area contributed by atoms with Crippen LogP contribution in [-0.4, -0.2) is 11.2 Å². The third kappa shape index (κ3) is 1.61. The molecule has 0 N–H and O–H groups in total. The number of alkyl halides is 1. The van der Waals surface area contributed by atoms with Gasteiger partial charge >= 0.3 is 0 Å². The first-order chi connectivity index (χ1) is 6.16. The fourth-order valence-electron chi connectivity index (χ4n) is 1.78. The fraction of sp³-hybridized carbons (Fsp3) is 0.364. The van der Waals surface area contributed by atoms with Crippen LogP contribution in [-0.2, 0) is 12.8 Å². The van der Waals surface area contributed by atoms with Gasteiger partial charge in [0.05, 0.1) is 0 Å². The summed E-state index contributed by atoms with van der Waals surface area (Å²) >= 11 is 6.02. The predicted octanol–water partition coefficient (Wildman–Crippen LogP) is 2.60. The summed E-state index contributed by atoms with van der Waals surface area (Å²) in [4.78, 5) is 11.1. The lowest BCUT2D eigenvalue weighted by atomic mass is 10.0. The molecule has 1 aliphatic carbocycles. The Kier molecular flexibility index (Phi) is 2.12. The molecule has 1 aliphatic rings. The maximum Gasteiger partial charge on any atom is 0.159 e. The first kappa shape index (κ1) is 8.76. The first-order valence-electron chi connectivity index (χ1n) is 4.43. The zero-order valence-corrected chi connectivity index (χ0v) is 8.27. The van der Waals surface area contributed by atoms with E-state index in [4.69, 9.17) is 11.6 Å². The van der Waals surface area contributed by atoms with E-state index in [-0.39, 0.29) is 11.2 Å². The quantitative estimate of drug-likeness (QED) is 0.496. The highest BCUT2D eigenvalue weighted by atomic mass is 35.5. The van der Waals surface area contributed by atoms with Crippen LogP contribution in [0, 0.1) is 0 Å². The van der Waals surface area contributed by atoms with Gasteiger partial charge in [0, 0.05) is 10.9 Å². The number of hydrogen-bond acceptors (Lipinski definition) is 1. The summed E-state index contributed by atoms with van der Waals surface area (Å²) < 4.78 is 0. The Morgan fingerprint density at radius 3 is 2.77 bits per heavy atom. The van der Waals surface area contributed by atoms with Gasteiger partial charge in [0.15, 0.2) is 5.78 Å². The monoisotopic (exact) mass is 194 g/mol. The molecule has 2 rings (SSSR count). The maximum absolute atomic E-state index is 11.1. The summed E-state index contributed by atoms with van der Waals surface area (Å²) in [6, 6.07) is 5.88. The van der Waals surface area contributed by atoms with E-state index in [0.29, 0.717) is 0 Å². The largest absolute Gasteiger partial charge is 0.295 e. The zero-order chi connectivity index (χ0) is 9.42. The lowest BCUT2D eigenvalue weighted by molar-refractivity contribution is 0.101. The van der Waals surface area contributed by atoms with Crippen molar-refractivity contribution in [2.24, 2.45) is 0 Å². The van der Waals surface area contributed by atoms with Gasteiger partial charge in [0.25, 0.3) is 0 Å². The van der Waals surface area contributed by atoms with Crippen molar-refractivity contribution in [3.8, 4) is 0 Å². The van der Waals surface area contributed by atoms with Gasteiger partial charge in [0.2, 0.25) is 0 Å². The number of fused-ring (bicyclic) bond motifs is 1. The molecule has 0 heterocycles. The molecule has 0 spiro atoms. The summed E-state index contributed by atoms with van der Waals surface area (Å²) in [5.41, 5.74) is 3.34. The zero-order valence-electron chi connectivity index (χ0n) is 7.51. The van der Waals surface area contributed by atoms with Gasteiger partial charge in [-0.05, 0) is 37.0 Å². The van der Waals surface area contributed by atoms with Crippen LogP contribution in [0.15, 0.2) is 18.2 Å². The molecule has 13 heavy (non-hydrogen) atoms. The van der Waals surface area contributed by atoms with Gasteiger partial charge < -0.3 is 0 Å². The Labute approximate surface area is 82.7 Å². The van der Waals surface area contributed by atoms with E-state index < -0.39 is 0 Å². The van der Waals surface area contributed by atoms with Crippen molar-refractivity contribution in [1.82, 2.24) is 0 Å². The van der Waals surface area contributed by atoms with Crippen molar-refractivity contribution in [2.75, 3.05) is 0 Å². The number of Topliss-reactive ketones (excluding diaryl/α,β-unsaturated/α-hetero) is 1. The number of benzene rings is 1. The number of hydrogen-bond donors (Lipinski definition) is 0. The average Bonchev–Trinajstić information content (AvgIpc) is 2.42. The van der Waals surface area contributed by atoms with Gasteiger partial charge in [0.1, 0.15) is 0 Å². The maximum atomic E-state index is 11.1. The molecule has 0 radical (unpaired) electrons. The number of halogens is 1. The van der Waals surface area contributed by atoms with Crippen molar-refractivity contribution in [2.45, 2.75) is 25.1 Å². The minimum Gasteiger partial charge on any atom is -0.295 e. The Hall–Kier alpha value is -0.820. The van der Waals surface area contributed by atoms with Crippen LogP contribution >= 0.6 is 11.6 Å². The van der Waals surface area contributed by atoms with Crippen LogP contribution in [0.2, 0.25) is 0 Å². The second-order valence-corrected chi connectivity index (χ2v) is 4.16. The Morgan fingerprint density at radius 2 is 2.08 bits per heavy atom. The predicted molar refractivity (Wildman–Crippen MR) is 53.5 cm³/mol. The van der Waals surface area contributed by atoms with Gasteiger partial charge in [-0.1, -0.05) is 12.1 Å². The molecule has 0 aliphatic heterocycles. The van der Waals surface area contributed by atoms with Gasteiger partial charge in [-0.15, -0.1) is 11.6 Å². The van der Waals surface area contributed by atoms with Crippen LogP contribution in [0.1, 0.15) is 28.4 Å². The molecule has 0 aromatic heterocycles. The molecule has 1 unspecified atom stereocenters. The van der Waals surface area contributed by atoms with Crippen molar-refractivity contribution in [3.05, 3.63) is 34.9 Å². The molecule has 2 heteroatoms. The summed E-state index contributed by atoms with van der Waals surface area (Å²) in [6.07, 6.45) is 1.84. The Morgan fingerprint density at radius 1 is 1.38 bits per heavy atom. The molecule has 0 amide bonds. The second-order valence-electron chi connectivity index (χ2n) is 3.55. The smallest absolute Gasteiger partial charge is 0.159 e. The second kappa shape index (κ2) is 3.15. The normalized spacial score (nSPS) is 20.0. The third-order valence-electron chi connectivity index (χ3n) is 2.50. The van der Waals surface area contributed by atoms with Crippen LogP contribution in [0.4, 0.5) is 0 Å². The number of ketones is 1. The lowest BCUT2D eigenvalue weighted by Crippen LogP contribution is -1.94. The molecular formula is C11H11ClO. The minimum absolute atomic E-state index is 0.126. The van der Waals surface area contributed by atoms with Crippen LogP contribution in [0.25, 0.3) is 0 Å². The molecule has 1 atom stereocenters. The molecule has 0 saturated carbocycles. The van der Waals surface area contributed by atoms with E-state index >= 15 is 0 Å². The standard InChI is InChI=1S/C11H11ClO/c1-7(13)8-2-3-9-5-11(12)6-10(9)4-8/h2-4,11H,5-6H2,1H3.